The van der Waals surface area contributed by atoms with E-state index in [1.54, 1.807) is 0 Å². The summed E-state index contributed by atoms with van der Waals surface area (Å²) >= 11 is 1.46. The van der Waals surface area contributed by atoms with Gasteiger partial charge in [-0.1, -0.05) is 64.1 Å². The van der Waals surface area contributed by atoms with Gasteiger partial charge in [-0.3, -0.25) is 9.59 Å². The van der Waals surface area contributed by atoms with Crippen molar-refractivity contribution in [3.8, 4) is 0 Å². The first kappa shape index (κ1) is 30.4. The Labute approximate surface area is 248 Å². The van der Waals surface area contributed by atoms with Gasteiger partial charge in [0.25, 0.3) is 0 Å². The zero-order chi connectivity index (χ0) is 29.6. The average molecular weight is 569 g/mol. The Hall–Kier alpha value is -3.54. The van der Waals surface area contributed by atoms with Gasteiger partial charge in [0.1, 0.15) is 17.1 Å². The van der Waals surface area contributed by atoms with E-state index in [0.717, 1.165) is 34.8 Å². The number of hydrogen-bond donors (Lipinski definition) is 1. The highest BCUT2D eigenvalue weighted by Gasteiger charge is 2.32. The molecule has 41 heavy (non-hydrogen) atoms. The number of aryl methyl sites for hydroxylation is 1. The lowest BCUT2D eigenvalue weighted by Crippen LogP contribution is -2.34. The van der Waals surface area contributed by atoms with Crippen LogP contribution in [0.5, 0.6) is 0 Å². The van der Waals surface area contributed by atoms with Crippen LogP contribution < -0.4 is 4.48 Å². The number of quaternary nitrogens is 1. The van der Waals surface area contributed by atoms with E-state index in [2.05, 4.69) is 89.3 Å². The first-order chi connectivity index (χ1) is 19.6. The van der Waals surface area contributed by atoms with E-state index >= 15 is 0 Å². The van der Waals surface area contributed by atoms with Crippen molar-refractivity contribution in [1.29, 1.82) is 0 Å². The minimum Gasteiger partial charge on any atom is -0.481 e. The van der Waals surface area contributed by atoms with E-state index in [9.17, 15) is 9.59 Å². The molecule has 1 aromatic heterocycles. The quantitative estimate of drug-likeness (QED) is 0.129. The highest BCUT2D eigenvalue weighted by atomic mass is 32.1. The normalized spacial score (nSPS) is 11.8. The third-order valence-corrected chi connectivity index (χ3v) is 8.66. The van der Waals surface area contributed by atoms with E-state index in [0.29, 0.717) is 39.6 Å². The van der Waals surface area contributed by atoms with Crippen LogP contribution in [0.1, 0.15) is 71.8 Å². The number of aliphatic carboxylic acids is 1. The van der Waals surface area contributed by atoms with Gasteiger partial charge in [0.2, 0.25) is 5.78 Å². The monoisotopic (exact) mass is 568 g/mol. The minimum absolute atomic E-state index is 0.00699. The van der Waals surface area contributed by atoms with Crippen LogP contribution in [0.15, 0.2) is 84.9 Å². The number of carbonyl (C=O) groups excluding carboxylic acids is 1. The van der Waals surface area contributed by atoms with Crippen molar-refractivity contribution in [3.63, 3.8) is 0 Å². The fraction of sp³-hybridized carbons (Fsp3) is 0.333. The number of rotatable bonds is 13. The summed E-state index contributed by atoms with van der Waals surface area (Å²) in [6.07, 6.45) is 3.45. The number of carboxylic acids is 1. The van der Waals surface area contributed by atoms with Gasteiger partial charge in [0, 0.05) is 53.3 Å². The SMILES string of the molecule is CC(C)Cc1ccc([N+](C)(c2ccc(CC(C)C)cc2)c2cccc(C(=O)c3ccc(CCCC(=O)O)s3)c2)cc1. The Morgan fingerprint density at radius 1 is 0.756 bits per heavy atom. The number of nitrogens with zero attached hydrogens (tertiary/aromatic N) is 1. The summed E-state index contributed by atoms with van der Waals surface area (Å²) in [5.74, 6) is 0.383. The van der Waals surface area contributed by atoms with Crippen molar-refractivity contribution in [2.24, 2.45) is 11.8 Å². The highest BCUT2D eigenvalue weighted by Crippen LogP contribution is 2.42. The first-order valence-electron chi connectivity index (χ1n) is 14.6. The molecule has 1 heterocycles. The molecule has 0 atom stereocenters. The van der Waals surface area contributed by atoms with Crippen LogP contribution in [0.2, 0.25) is 0 Å². The Kier molecular flexibility index (Phi) is 9.95. The van der Waals surface area contributed by atoms with Gasteiger partial charge >= 0.3 is 5.97 Å². The third-order valence-electron chi connectivity index (χ3n) is 7.52. The maximum Gasteiger partial charge on any atom is 0.303 e. The smallest absolute Gasteiger partial charge is 0.303 e. The van der Waals surface area contributed by atoms with Crippen LogP contribution >= 0.6 is 11.3 Å². The molecule has 0 radical (unpaired) electrons. The summed E-state index contributed by atoms with van der Waals surface area (Å²) in [6, 6.07) is 29.6. The standard InChI is InChI=1S/C36H41NO3S/c1-25(2)22-27-12-16-30(17-13-27)37(5,31-18-14-28(15-19-31)23-26(3)4)32-9-6-8-29(24-32)36(40)34-21-20-33(41-34)10-7-11-35(38)39/h6,8-9,12-21,24-26H,7,10-11,22-23H2,1-5H3/p+1. The molecule has 1 N–H and O–H groups in total. The molecule has 3 aromatic carbocycles. The minimum atomic E-state index is -0.792. The molecule has 4 rings (SSSR count). The molecule has 0 saturated carbocycles. The van der Waals surface area contributed by atoms with Gasteiger partial charge in [-0.2, -0.15) is 0 Å². The molecule has 5 heteroatoms. The molecule has 0 aliphatic rings. The fourth-order valence-corrected chi connectivity index (χ4v) is 6.38. The van der Waals surface area contributed by atoms with Crippen LogP contribution in [-0.4, -0.2) is 23.9 Å². The van der Waals surface area contributed by atoms with Gasteiger partial charge in [0.05, 0.1) is 11.9 Å². The van der Waals surface area contributed by atoms with Gasteiger partial charge in [-0.25, -0.2) is 4.48 Å². The Balaban J connectivity index is 1.70. The summed E-state index contributed by atoms with van der Waals surface area (Å²) in [5.41, 5.74) is 6.58. The lowest BCUT2D eigenvalue weighted by molar-refractivity contribution is -0.137. The van der Waals surface area contributed by atoms with Crippen LogP contribution in [0, 0.1) is 11.8 Å². The topological polar surface area (TPSA) is 54.4 Å². The Bertz CT molecular complexity index is 1410. The van der Waals surface area contributed by atoms with E-state index in [1.165, 1.54) is 22.5 Å². The van der Waals surface area contributed by atoms with Gasteiger partial charge in [-0.15, -0.1) is 11.3 Å². The summed E-state index contributed by atoms with van der Waals surface area (Å²) in [6.45, 7) is 8.95. The average Bonchev–Trinajstić information content (AvgIpc) is 3.41. The molecule has 0 bridgehead atoms. The molecular formula is C36H42NO3S+. The van der Waals surface area contributed by atoms with Crippen molar-refractivity contribution < 1.29 is 14.7 Å². The molecule has 0 aliphatic carbocycles. The van der Waals surface area contributed by atoms with Crippen molar-refractivity contribution >= 4 is 40.2 Å². The van der Waals surface area contributed by atoms with Gasteiger partial charge in [-0.05, 0) is 60.8 Å². The molecule has 0 saturated heterocycles. The van der Waals surface area contributed by atoms with E-state index in [-0.39, 0.29) is 12.2 Å². The maximum absolute atomic E-state index is 13.6. The number of benzene rings is 3. The predicted octanol–water partition coefficient (Wildman–Crippen LogP) is 9.38. The molecule has 0 spiro atoms. The van der Waals surface area contributed by atoms with Crippen molar-refractivity contribution in [3.05, 3.63) is 111 Å². The summed E-state index contributed by atoms with van der Waals surface area (Å²) in [4.78, 5) is 26.2. The van der Waals surface area contributed by atoms with Gasteiger partial charge in [0.15, 0.2) is 0 Å². The molecule has 0 fully saturated rings. The van der Waals surface area contributed by atoms with Crippen LogP contribution in [0.3, 0.4) is 0 Å². The van der Waals surface area contributed by atoms with Crippen molar-refractivity contribution in [2.45, 2.75) is 59.8 Å². The number of carboxylic acid groups (broad SMARTS) is 1. The van der Waals surface area contributed by atoms with Crippen LogP contribution in [-0.2, 0) is 24.1 Å². The maximum atomic E-state index is 13.6. The lowest BCUT2D eigenvalue weighted by atomic mass is 10.00. The van der Waals surface area contributed by atoms with Gasteiger partial charge < -0.3 is 5.11 Å². The molecular weight excluding hydrogens is 526 g/mol. The first-order valence-corrected chi connectivity index (χ1v) is 15.4. The predicted molar refractivity (Wildman–Crippen MR) is 172 cm³/mol. The molecule has 0 aliphatic heterocycles. The summed E-state index contributed by atoms with van der Waals surface area (Å²) in [5, 5.41) is 8.93. The van der Waals surface area contributed by atoms with Crippen LogP contribution in [0.25, 0.3) is 0 Å². The number of ketones is 1. The van der Waals surface area contributed by atoms with E-state index in [1.807, 2.05) is 30.3 Å². The molecule has 4 aromatic rings. The summed E-state index contributed by atoms with van der Waals surface area (Å²) in [7, 11) is 2.20. The second kappa shape index (κ2) is 13.4. The molecule has 4 nitrogen and oxygen atoms in total. The van der Waals surface area contributed by atoms with E-state index < -0.39 is 5.97 Å². The van der Waals surface area contributed by atoms with Crippen molar-refractivity contribution in [2.75, 3.05) is 7.05 Å². The molecule has 214 valence electrons. The molecule has 0 unspecified atom stereocenters. The fourth-order valence-electron chi connectivity index (χ4n) is 5.37. The third kappa shape index (κ3) is 7.60. The summed E-state index contributed by atoms with van der Waals surface area (Å²) < 4.78 is 0.440. The zero-order valence-corrected chi connectivity index (χ0v) is 25.7. The highest BCUT2D eigenvalue weighted by molar-refractivity contribution is 7.14. The Morgan fingerprint density at radius 3 is 1.83 bits per heavy atom. The number of hydrogen-bond acceptors (Lipinski definition) is 3. The zero-order valence-electron chi connectivity index (χ0n) is 24.9. The van der Waals surface area contributed by atoms with E-state index in [4.69, 9.17) is 5.11 Å². The van der Waals surface area contributed by atoms with Crippen molar-refractivity contribution in [1.82, 2.24) is 4.48 Å². The van der Waals surface area contributed by atoms with Crippen LogP contribution in [0.4, 0.5) is 17.1 Å². The molecule has 0 amide bonds. The lowest BCUT2D eigenvalue weighted by Gasteiger charge is -2.34. The second-order valence-electron chi connectivity index (χ2n) is 11.9. The Morgan fingerprint density at radius 2 is 1.32 bits per heavy atom. The number of thiophene rings is 1. The largest absolute Gasteiger partial charge is 0.481 e. The number of carbonyl (C=O) groups is 2. The second-order valence-corrected chi connectivity index (χ2v) is 13.1.